The summed E-state index contributed by atoms with van der Waals surface area (Å²) in [5, 5.41) is 19.0. The zero-order valence-electron chi connectivity index (χ0n) is 7.33. The van der Waals surface area contributed by atoms with E-state index < -0.39 is 0 Å². The van der Waals surface area contributed by atoms with Crippen molar-refractivity contribution >= 4 is 0 Å². The summed E-state index contributed by atoms with van der Waals surface area (Å²) >= 11 is 0. The molecule has 1 atom stereocenters. The van der Waals surface area contributed by atoms with Crippen molar-refractivity contribution in [3.8, 4) is 11.5 Å². The van der Waals surface area contributed by atoms with E-state index in [-0.39, 0.29) is 17.5 Å². The second-order valence-electron chi connectivity index (χ2n) is 3.56. The molecule has 1 aromatic carbocycles. The minimum Gasteiger partial charge on any atom is -0.508 e. The van der Waals surface area contributed by atoms with Crippen molar-refractivity contribution in [1.82, 2.24) is 0 Å². The molecular formula is C10H13NO2. The van der Waals surface area contributed by atoms with Crippen molar-refractivity contribution in [1.29, 1.82) is 0 Å². The van der Waals surface area contributed by atoms with E-state index in [1.807, 2.05) is 0 Å². The maximum absolute atomic E-state index is 9.53. The highest BCUT2D eigenvalue weighted by molar-refractivity contribution is 5.49. The number of phenols is 2. The molecule has 4 N–H and O–H groups in total. The van der Waals surface area contributed by atoms with E-state index in [2.05, 4.69) is 0 Å². The molecule has 0 radical (unpaired) electrons. The Bertz CT molecular complexity index is 336. The highest BCUT2D eigenvalue weighted by Crippen LogP contribution is 2.34. The molecule has 70 valence electrons. The molecule has 2 rings (SSSR count). The van der Waals surface area contributed by atoms with Gasteiger partial charge in [0, 0.05) is 17.2 Å². The van der Waals surface area contributed by atoms with Gasteiger partial charge in [0.15, 0.2) is 0 Å². The maximum atomic E-state index is 9.53. The van der Waals surface area contributed by atoms with Gasteiger partial charge in [-0.15, -0.1) is 0 Å². The normalized spacial score (nSPS) is 21.2. The molecule has 0 heterocycles. The van der Waals surface area contributed by atoms with Crippen molar-refractivity contribution in [2.24, 2.45) is 5.73 Å². The summed E-state index contributed by atoms with van der Waals surface area (Å²) in [6.45, 7) is 0. The molecule has 0 aromatic heterocycles. The highest BCUT2D eigenvalue weighted by atomic mass is 16.3. The Morgan fingerprint density at radius 3 is 2.46 bits per heavy atom. The first-order valence-electron chi connectivity index (χ1n) is 4.46. The van der Waals surface area contributed by atoms with Crippen LogP contribution in [0.25, 0.3) is 0 Å². The van der Waals surface area contributed by atoms with Crippen molar-refractivity contribution in [3.05, 3.63) is 23.3 Å². The van der Waals surface area contributed by atoms with Crippen LogP contribution in [0.5, 0.6) is 11.5 Å². The predicted octanol–water partition coefficient (Wildman–Crippen LogP) is 0.914. The zero-order chi connectivity index (χ0) is 9.42. The van der Waals surface area contributed by atoms with Crippen LogP contribution in [0, 0.1) is 0 Å². The third-order valence-electron chi connectivity index (χ3n) is 2.61. The zero-order valence-corrected chi connectivity index (χ0v) is 7.33. The number of hydrogen-bond donors (Lipinski definition) is 3. The molecule has 3 nitrogen and oxygen atoms in total. The van der Waals surface area contributed by atoms with Crippen molar-refractivity contribution in [2.45, 2.75) is 25.3 Å². The largest absolute Gasteiger partial charge is 0.508 e. The van der Waals surface area contributed by atoms with Gasteiger partial charge in [-0.3, -0.25) is 0 Å². The second-order valence-corrected chi connectivity index (χ2v) is 3.56. The molecule has 0 aliphatic heterocycles. The van der Waals surface area contributed by atoms with E-state index in [9.17, 15) is 10.2 Å². The fraction of sp³-hybridized carbons (Fsp3) is 0.400. The SMILES string of the molecule is N[C@H]1CCc2c(O)ccc(O)c2C1. The average Bonchev–Trinajstić information content (AvgIpc) is 2.12. The van der Waals surface area contributed by atoms with E-state index >= 15 is 0 Å². The smallest absolute Gasteiger partial charge is 0.119 e. The van der Waals surface area contributed by atoms with Crippen LogP contribution in [0.1, 0.15) is 17.5 Å². The van der Waals surface area contributed by atoms with Gasteiger partial charge in [0.05, 0.1) is 0 Å². The molecule has 0 bridgehead atoms. The first kappa shape index (κ1) is 8.38. The third kappa shape index (κ3) is 1.35. The highest BCUT2D eigenvalue weighted by Gasteiger charge is 2.20. The molecule has 0 amide bonds. The Morgan fingerprint density at radius 2 is 1.77 bits per heavy atom. The lowest BCUT2D eigenvalue weighted by molar-refractivity contribution is 0.432. The Labute approximate surface area is 76.8 Å². The van der Waals surface area contributed by atoms with E-state index in [0.717, 1.165) is 24.0 Å². The van der Waals surface area contributed by atoms with Gasteiger partial charge in [-0.05, 0) is 31.4 Å². The summed E-state index contributed by atoms with van der Waals surface area (Å²) in [4.78, 5) is 0. The first-order valence-corrected chi connectivity index (χ1v) is 4.46. The summed E-state index contributed by atoms with van der Waals surface area (Å²) in [6.07, 6.45) is 2.30. The number of phenolic OH excluding ortho intramolecular Hbond substituents is 2. The van der Waals surface area contributed by atoms with Gasteiger partial charge in [-0.1, -0.05) is 0 Å². The van der Waals surface area contributed by atoms with Crippen LogP contribution in [0.3, 0.4) is 0 Å². The number of rotatable bonds is 0. The summed E-state index contributed by atoms with van der Waals surface area (Å²) in [5.41, 5.74) is 7.46. The van der Waals surface area contributed by atoms with Crippen molar-refractivity contribution in [3.63, 3.8) is 0 Å². The van der Waals surface area contributed by atoms with Gasteiger partial charge in [-0.2, -0.15) is 0 Å². The van der Waals surface area contributed by atoms with Gasteiger partial charge in [0.2, 0.25) is 0 Å². The average molecular weight is 179 g/mol. The topological polar surface area (TPSA) is 66.5 Å². The summed E-state index contributed by atoms with van der Waals surface area (Å²) in [6, 6.07) is 3.16. The molecule has 13 heavy (non-hydrogen) atoms. The summed E-state index contributed by atoms with van der Waals surface area (Å²) in [7, 11) is 0. The molecule has 0 saturated heterocycles. The minimum absolute atomic E-state index is 0.111. The fourth-order valence-electron chi connectivity index (χ4n) is 1.87. The van der Waals surface area contributed by atoms with Gasteiger partial charge in [0.25, 0.3) is 0 Å². The lowest BCUT2D eigenvalue weighted by atomic mass is 9.87. The Balaban J connectivity index is 2.51. The molecule has 0 saturated carbocycles. The lowest BCUT2D eigenvalue weighted by Crippen LogP contribution is -2.27. The fourth-order valence-corrected chi connectivity index (χ4v) is 1.87. The number of aromatic hydroxyl groups is 2. The Kier molecular flexibility index (Phi) is 1.88. The molecule has 1 aliphatic carbocycles. The Hall–Kier alpha value is -1.22. The molecular weight excluding hydrogens is 166 g/mol. The van der Waals surface area contributed by atoms with E-state index in [4.69, 9.17) is 5.73 Å². The third-order valence-corrected chi connectivity index (χ3v) is 2.61. The van der Waals surface area contributed by atoms with Gasteiger partial charge in [-0.25, -0.2) is 0 Å². The second kappa shape index (κ2) is 2.92. The van der Waals surface area contributed by atoms with Crippen LogP contribution in [-0.4, -0.2) is 16.3 Å². The van der Waals surface area contributed by atoms with Gasteiger partial charge < -0.3 is 15.9 Å². The van der Waals surface area contributed by atoms with Gasteiger partial charge >= 0.3 is 0 Å². The monoisotopic (exact) mass is 179 g/mol. The standard InChI is InChI=1S/C10H13NO2/c11-6-1-2-7-8(5-6)10(13)4-3-9(7)12/h3-4,6,12-13H,1-2,5,11H2/t6-/m0/s1. The minimum atomic E-state index is 0.111. The molecule has 1 aliphatic rings. The van der Waals surface area contributed by atoms with Crippen LogP contribution < -0.4 is 5.73 Å². The van der Waals surface area contributed by atoms with E-state index in [1.165, 1.54) is 12.1 Å². The summed E-state index contributed by atoms with van der Waals surface area (Å²) < 4.78 is 0. The van der Waals surface area contributed by atoms with E-state index in [0.29, 0.717) is 6.42 Å². The molecule has 0 fully saturated rings. The molecule has 0 unspecified atom stereocenters. The Morgan fingerprint density at radius 1 is 1.15 bits per heavy atom. The van der Waals surface area contributed by atoms with E-state index in [1.54, 1.807) is 0 Å². The molecule has 1 aromatic rings. The van der Waals surface area contributed by atoms with Crippen LogP contribution >= 0.6 is 0 Å². The van der Waals surface area contributed by atoms with Gasteiger partial charge in [0.1, 0.15) is 11.5 Å². The first-order chi connectivity index (χ1) is 6.18. The number of benzene rings is 1. The quantitative estimate of drug-likeness (QED) is 0.519. The van der Waals surface area contributed by atoms with Crippen LogP contribution in [-0.2, 0) is 12.8 Å². The molecule has 3 heteroatoms. The lowest BCUT2D eigenvalue weighted by Gasteiger charge is -2.22. The predicted molar refractivity (Wildman–Crippen MR) is 49.8 cm³/mol. The van der Waals surface area contributed by atoms with Crippen molar-refractivity contribution in [2.75, 3.05) is 0 Å². The van der Waals surface area contributed by atoms with Crippen LogP contribution in [0.4, 0.5) is 0 Å². The van der Waals surface area contributed by atoms with Crippen LogP contribution in [0.15, 0.2) is 12.1 Å². The maximum Gasteiger partial charge on any atom is 0.119 e. The number of nitrogens with two attached hydrogens (primary N) is 1. The number of fused-ring (bicyclic) bond motifs is 1. The molecule has 0 spiro atoms. The van der Waals surface area contributed by atoms with Crippen LogP contribution in [0.2, 0.25) is 0 Å². The summed E-state index contributed by atoms with van der Waals surface area (Å²) in [5.74, 6) is 0.530. The number of hydrogen-bond acceptors (Lipinski definition) is 3. The van der Waals surface area contributed by atoms with Crippen molar-refractivity contribution < 1.29 is 10.2 Å².